The largest absolute Gasteiger partial charge is 0.325 e. The standard InChI is InChI=1S/C12H20N6/c1-9(2)5-7-18-12(10(8-13)15-16-18)11-4-6-14-17(11)3/h4,6,9H,5,7-8,13H2,1-3H3. The molecule has 0 aliphatic heterocycles. The molecule has 0 atom stereocenters. The van der Waals surface area contributed by atoms with Crippen molar-refractivity contribution in [3.63, 3.8) is 0 Å². The third-order valence-electron chi connectivity index (χ3n) is 2.98. The van der Waals surface area contributed by atoms with Crippen molar-refractivity contribution < 1.29 is 0 Å². The molecule has 98 valence electrons. The fraction of sp³-hybridized carbons (Fsp3) is 0.583. The van der Waals surface area contributed by atoms with Crippen LogP contribution >= 0.6 is 0 Å². The van der Waals surface area contributed by atoms with Gasteiger partial charge >= 0.3 is 0 Å². The molecule has 0 bridgehead atoms. The highest BCUT2D eigenvalue weighted by Crippen LogP contribution is 2.21. The van der Waals surface area contributed by atoms with E-state index in [0.29, 0.717) is 12.5 Å². The van der Waals surface area contributed by atoms with Crippen LogP contribution in [0.4, 0.5) is 0 Å². The molecule has 0 fully saturated rings. The van der Waals surface area contributed by atoms with E-state index >= 15 is 0 Å². The minimum absolute atomic E-state index is 0.391. The molecule has 0 aromatic carbocycles. The number of nitrogens with zero attached hydrogens (tertiary/aromatic N) is 5. The van der Waals surface area contributed by atoms with Crippen molar-refractivity contribution in [2.45, 2.75) is 33.4 Å². The van der Waals surface area contributed by atoms with Gasteiger partial charge in [-0.05, 0) is 18.4 Å². The van der Waals surface area contributed by atoms with Crippen LogP contribution in [0.15, 0.2) is 12.3 Å². The van der Waals surface area contributed by atoms with Gasteiger partial charge in [0.25, 0.3) is 0 Å². The second kappa shape index (κ2) is 5.30. The molecular weight excluding hydrogens is 228 g/mol. The Morgan fingerprint density at radius 3 is 2.72 bits per heavy atom. The predicted molar refractivity (Wildman–Crippen MR) is 69.6 cm³/mol. The Labute approximate surface area is 107 Å². The third-order valence-corrected chi connectivity index (χ3v) is 2.98. The number of nitrogens with two attached hydrogens (primary N) is 1. The smallest absolute Gasteiger partial charge is 0.111 e. The molecule has 2 aromatic heterocycles. The molecular formula is C12H20N6. The molecule has 2 aromatic rings. The summed E-state index contributed by atoms with van der Waals surface area (Å²) in [6, 6.07) is 1.96. The fourth-order valence-corrected chi connectivity index (χ4v) is 1.91. The number of aryl methyl sites for hydroxylation is 2. The monoisotopic (exact) mass is 248 g/mol. The maximum Gasteiger partial charge on any atom is 0.111 e. The normalized spacial score (nSPS) is 11.4. The van der Waals surface area contributed by atoms with Crippen LogP contribution in [0.1, 0.15) is 26.0 Å². The van der Waals surface area contributed by atoms with Crippen LogP contribution in [0.25, 0.3) is 11.4 Å². The maximum absolute atomic E-state index is 5.73. The molecule has 6 nitrogen and oxygen atoms in total. The molecule has 0 aliphatic carbocycles. The summed E-state index contributed by atoms with van der Waals surface area (Å²) in [6.07, 6.45) is 2.84. The van der Waals surface area contributed by atoms with Gasteiger partial charge < -0.3 is 5.73 Å². The Kier molecular flexibility index (Phi) is 3.76. The molecule has 0 saturated carbocycles. The van der Waals surface area contributed by atoms with E-state index in [1.54, 1.807) is 6.20 Å². The second-order valence-corrected chi connectivity index (χ2v) is 4.83. The van der Waals surface area contributed by atoms with Gasteiger partial charge in [-0.1, -0.05) is 19.1 Å². The topological polar surface area (TPSA) is 74.6 Å². The molecule has 0 saturated heterocycles. The first-order valence-electron chi connectivity index (χ1n) is 6.24. The molecule has 0 spiro atoms. The lowest BCUT2D eigenvalue weighted by Gasteiger charge is -2.09. The van der Waals surface area contributed by atoms with E-state index in [-0.39, 0.29) is 0 Å². The van der Waals surface area contributed by atoms with E-state index in [1.807, 2.05) is 22.5 Å². The summed E-state index contributed by atoms with van der Waals surface area (Å²) in [5.74, 6) is 0.634. The van der Waals surface area contributed by atoms with Crippen LogP contribution in [0, 0.1) is 5.92 Å². The average Bonchev–Trinajstić information content (AvgIpc) is 2.91. The summed E-state index contributed by atoms with van der Waals surface area (Å²) in [4.78, 5) is 0. The summed E-state index contributed by atoms with van der Waals surface area (Å²) in [6.45, 7) is 5.64. The van der Waals surface area contributed by atoms with E-state index < -0.39 is 0 Å². The van der Waals surface area contributed by atoms with Crippen LogP contribution in [0.2, 0.25) is 0 Å². The zero-order valence-corrected chi connectivity index (χ0v) is 11.2. The lowest BCUT2D eigenvalue weighted by Crippen LogP contribution is -2.08. The first kappa shape index (κ1) is 12.8. The summed E-state index contributed by atoms with van der Waals surface area (Å²) in [5.41, 5.74) is 8.54. The van der Waals surface area contributed by atoms with Gasteiger partial charge in [-0.15, -0.1) is 5.10 Å². The summed E-state index contributed by atoms with van der Waals surface area (Å²) < 4.78 is 3.75. The van der Waals surface area contributed by atoms with Crippen molar-refractivity contribution in [1.82, 2.24) is 24.8 Å². The molecule has 0 unspecified atom stereocenters. The van der Waals surface area contributed by atoms with Crippen molar-refractivity contribution in [3.05, 3.63) is 18.0 Å². The van der Waals surface area contributed by atoms with Crippen LogP contribution in [0.5, 0.6) is 0 Å². The van der Waals surface area contributed by atoms with Crippen LogP contribution in [-0.4, -0.2) is 24.8 Å². The summed E-state index contributed by atoms with van der Waals surface area (Å²) in [5, 5.41) is 12.5. The van der Waals surface area contributed by atoms with Crippen molar-refractivity contribution in [2.75, 3.05) is 0 Å². The van der Waals surface area contributed by atoms with Crippen molar-refractivity contribution in [1.29, 1.82) is 0 Å². The second-order valence-electron chi connectivity index (χ2n) is 4.83. The lowest BCUT2D eigenvalue weighted by atomic mass is 10.1. The Bertz CT molecular complexity index is 510. The van der Waals surface area contributed by atoms with Gasteiger partial charge in [0, 0.05) is 26.3 Å². The van der Waals surface area contributed by atoms with Gasteiger partial charge in [0.2, 0.25) is 0 Å². The Morgan fingerprint density at radius 1 is 1.39 bits per heavy atom. The molecule has 2 N–H and O–H groups in total. The molecule has 0 radical (unpaired) electrons. The minimum atomic E-state index is 0.391. The van der Waals surface area contributed by atoms with E-state index in [1.165, 1.54) is 0 Å². The Morgan fingerprint density at radius 2 is 2.17 bits per heavy atom. The zero-order chi connectivity index (χ0) is 13.1. The zero-order valence-electron chi connectivity index (χ0n) is 11.2. The first-order chi connectivity index (χ1) is 8.63. The number of rotatable bonds is 5. The maximum atomic E-state index is 5.73. The molecule has 18 heavy (non-hydrogen) atoms. The van der Waals surface area contributed by atoms with Gasteiger partial charge in [-0.2, -0.15) is 5.10 Å². The van der Waals surface area contributed by atoms with Crippen LogP contribution < -0.4 is 5.73 Å². The minimum Gasteiger partial charge on any atom is -0.325 e. The molecule has 0 aliphatic rings. The quantitative estimate of drug-likeness (QED) is 0.862. The number of hydrogen-bond acceptors (Lipinski definition) is 4. The van der Waals surface area contributed by atoms with Gasteiger partial charge in [0.15, 0.2) is 0 Å². The van der Waals surface area contributed by atoms with E-state index in [4.69, 9.17) is 5.73 Å². The van der Waals surface area contributed by atoms with E-state index in [2.05, 4.69) is 29.3 Å². The molecule has 2 rings (SSSR count). The van der Waals surface area contributed by atoms with Gasteiger partial charge in [0.05, 0.1) is 5.69 Å². The highest BCUT2D eigenvalue weighted by Gasteiger charge is 2.16. The van der Waals surface area contributed by atoms with Gasteiger partial charge in [0.1, 0.15) is 11.4 Å². The van der Waals surface area contributed by atoms with Crippen molar-refractivity contribution in [3.8, 4) is 11.4 Å². The van der Waals surface area contributed by atoms with E-state index in [9.17, 15) is 0 Å². The average molecular weight is 248 g/mol. The van der Waals surface area contributed by atoms with Crippen LogP contribution in [0.3, 0.4) is 0 Å². The highest BCUT2D eigenvalue weighted by atomic mass is 15.4. The number of aromatic nitrogens is 5. The van der Waals surface area contributed by atoms with Gasteiger partial charge in [-0.25, -0.2) is 4.68 Å². The molecule has 6 heteroatoms. The number of hydrogen-bond donors (Lipinski definition) is 1. The summed E-state index contributed by atoms with van der Waals surface area (Å²) in [7, 11) is 1.91. The predicted octanol–water partition coefficient (Wildman–Crippen LogP) is 1.18. The Balaban J connectivity index is 2.37. The van der Waals surface area contributed by atoms with Crippen molar-refractivity contribution >= 4 is 0 Å². The fourth-order valence-electron chi connectivity index (χ4n) is 1.91. The molecule has 2 heterocycles. The first-order valence-corrected chi connectivity index (χ1v) is 6.24. The Hall–Kier alpha value is -1.69. The van der Waals surface area contributed by atoms with E-state index in [0.717, 1.165) is 30.0 Å². The van der Waals surface area contributed by atoms with Gasteiger partial charge in [-0.3, -0.25) is 4.68 Å². The lowest BCUT2D eigenvalue weighted by molar-refractivity contribution is 0.480. The highest BCUT2D eigenvalue weighted by molar-refractivity contribution is 5.57. The van der Waals surface area contributed by atoms with Crippen LogP contribution in [-0.2, 0) is 20.1 Å². The van der Waals surface area contributed by atoms with Crippen molar-refractivity contribution in [2.24, 2.45) is 18.7 Å². The summed E-state index contributed by atoms with van der Waals surface area (Å²) >= 11 is 0. The SMILES string of the molecule is CC(C)CCn1nnc(CN)c1-c1ccnn1C. The third kappa shape index (κ3) is 2.43. The molecule has 0 amide bonds.